The summed E-state index contributed by atoms with van der Waals surface area (Å²) < 4.78 is 26.6. The molecule has 1 heterocycles. The Morgan fingerprint density at radius 3 is 2.58 bits per heavy atom. The van der Waals surface area contributed by atoms with Crippen molar-refractivity contribution >= 4 is 27.3 Å². The summed E-state index contributed by atoms with van der Waals surface area (Å²) in [4.78, 5) is 13.2. The van der Waals surface area contributed by atoms with E-state index in [1.165, 1.54) is 6.07 Å². The lowest BCUT2D eigenvalue weighted by Crippen LogP contribution is -2.15. The first-order valence-electron chi connectivity index (χ1n) is 5.36. The van der Waals surface area contributed by atoms with E-state index in [0.717, 1.165) is 17.8 Å². The normalized spacial score (nSPS) is 11.3. The number of H-pyrrole nitrogens is 1. The molecule has 0 radical (unpaired) electrons. The third kappa shape index (κ3) is 3.15. The predicted octanol–water partition coefficient (Wildman–Crippen LogP) is 2.14. The molecule has 2 rings (SSSR count). The Balaban J connectivity index is 2.39. The Morgan fingerprint density at radius 1 is 1.21 bits per heavy atom. The maximum atomic E-state index is 12.1. The van der Waals surface area contributed by atoms with E-state index in [4.69, 9.17) is 11.6 Å². The van der Waals surface area contributed by atoms with Gasteiger partial charge in [-0.05, 0) is 30.7 Å². The minimum absolute atomic E-state index is 0.0373. The van der Waals surface area contributed by atoms with Crippen LogP contribution in [0, 0.1) is 6.92 Å². The number of benzene rings is 1. The summed E-state index contributed by atoms with van der Waals surface area (Å²) in [5, 5.41) is 0.304. The molecule has 0 amide bonds. The topological polar surface area (TPSA) is 79.0 Å². The van der Waals surface area contributed by atoms with E-state index in [1.807, 2.05) is 6.92 Å². The quantitative estimate of drug-likeness (QED) is 0.911. The first kappa shape index (κ1) is 13.6. The van der Waals surface area contributed by atoms with E-state index in [9.17, 15) is 13.2 Å². The molecule has 0 bridgehead atoms. The summed E-state index contributed by atoms with van der Waals surface area (Å²) >= 11 is 5.93. The Kier molecular flexibility index (Phi) is 3.64. The van der Waals surface area contributed by atoms with Crippen molar-refractivity contribution in [3.8, 4) is 0 Å². The van der Waals surface area contributed by atoms with Crippen LogP contribution in [0.3, 0.4) is 0 Å². The second-order valence-electron chi connectivity index (χ2n) is 3.98. The SMILES string of the molecule is Cc1ccc(Cl)c(NS(=O)(=O)c2ccc(=O)[nH]c2)c1. The van der Waals surface area contributed by atoms with Crippen LogP contribution in [0.15, 0.2) is 46.2 Å². The number of hydrogen-bond donors (Lipinski definition) is 2. The van der Waals surface area contributed by atoms with E-state index in [1.54, 1.807) is 18.2 Å². The molecule has 0 spiro atoms. The van der Waals surface area contributed by atoms with Gasteiger partial charge < -0.3 is 4.98 Å². The van der Waals surface area contributed by atoms with Crippen molar-refractivity contribution in [1.82, 2.24) is 4.98 Å². The minimum atomic E-state index is -3.77. The minimum Gasteiger partial charge on any atom is -0.328 e. The van der Waals surface area contributed by atoms with Crippen LogP contribution < -0.4 is 10.3 Å². The zero-order valence-corrected chi connectivity index (χ0v) is 11.5. The molecule has 0 aliphatic rings. The van der Waals surface area contributed by atoms with Gasteiger partial charge in [0.2, 0.25) is 5.56 Å². The lowest BCUT2D eigenvalue weighted by atomic mass is 10.2. The molecule has 0 fully saturated rings. The Bertz CT molecular complexity index is 748. The lowest BCUT2D eigenvalue weighted by Gasteiger charge is -2.10. The Labute approximate surface area is 115 Å². The van der Waals surface area contributed by atoms with Gasteiger partial charge >= 0.3 is 0 Å². The van der Waals surface area contributed by atoms with Crippen molar-refractivity contribution in [2.45, 2.75) is 11.8 Å². The average Bonchev–Trinajstić information content (AvgIpc) is 2.34. The van der Waals surface area contributed by atoms with Gasteiger partial charge in [0.05, 0.1) is 10.7 Å². The monoisotopic (exact) mass is 298 g/mol. The van der Waals surface area contributed by atoms with Crippen LogP contribution in [0.25, 0.3) is 0 Å². The van der Waals surface area contributed by atoms with E-state index in [2.05, 4.69) is 9.71 Å². The van der Waals surface area contributed by atoms with Crippen LogP contribution >= 0.6 is 11.6 Å². The smallest absolute Gasteiger partial charge is 0.263 e. The highest BCUT2D eigenvalue weighted by molar-refractivity contribution is 7.92. The van der Waals surface area contributed by atoms with Gasteiger partial charge in [-0.15, -0.1) is 0 Å². The molecule has 1 aromatic carbocycles. The molecule has 0 unspecified atom stereocenters. The van der Waals surface area contributed by atoms with E-state index >= 15 is 0 Å². The third-order valence-electron chi connectivity index (χ3n) is 2.43. The first-order chi connectivity index (χ1) is 8.88. The predicted molar refractivity (Wildman–Crippen MR) is 74.1 cm³/mol. The molecule has 2 aromatic rings. The zero-order chi connectivity index (χ0) is 14.0. The van der Waals surface area contributed by atoms with E-state index in [0.29, 0.717) is 10.7 Å². The number of aromatic amines is 1. The van der Waals surface area contributed by atoms with Gasteiger partial charge in [0, 0.05) is 12.3 Å². The van der Waals surface area contributed by atoms with Crippen molar-refractivity contribution in [3.63, 3.8) is 0 Å². The molecule has 2 N–H and O–H groups in total. The summed E-state index contributed by atoms with van der Waals surface area (Å²) in [6, 6.07) is 7.39. The number of aromatic nitrogens is 1. The van der Waals surface area contributed by atoms with Crippen molar-refractivity contribution in [1.29, 1.82) is 0 Å². The second kappa shape index (κ2) is 5.07. The largest absolute Gasteiger partial charge is 0.328 e. The summed E-state index contributed by atoms with van der Waals surface area (Å²) in [5.41, 5.74) is 0.809. The molecule has 0 saturated carbocycles. The van der Waals surface area contributed by atoms with Gasteiger partial charge in [0.15, 0.2) is 0 Å². The van der Waals surface area contributed by atoms with Gasteiger partial charge in [0.1, 0.15) is 4.90 Å². The fourth-order valence-corrected chi connectivity index (χ4v) is 2.74. The summed E-state index contributed by atoms with van der Waals surface area (Å²) in [7, 11) is -3.77. The van der Waals surface area contributed by atoms with E-state index < -0.39 is 10.0 Å². The molecule has 5 nitrogen and oxygen atoms in total. The molecule has 7 heteroatoms. The van der Waals surface area contributed by atoms with Gasteiger partial charge in [0.25, 0.3) is 10.0 Å². The molecule has 1 aromatic heterocycles. The lowest BCUT2D eigenvalue weighted by molar-refractivity contribution is 0.600. The van der Waals surface area contributed by atoms with Crippen molar-refractivity contribution in [3.05, 3.63) is 57.5 Å². The fourth-order valence-electron chi connectivity index (χ4n) is 1.48. The number of rotatable bonds is 3. The molecule has 19 heavy (non-hydrogen) atoms. The molecule has 0 atom stereocenters. The number of sulfonamides is 1. The number of nitrogens with one attached hydrogen (secondary N) is 2. The van der Waals surface area contributed by atoms with Gasteiger partial charge in [-0.1, -0.05) is 17.7 Å². The highest BCUT2D eigenvalue weighted by Crippen LogP contribution is 2.25. The number of hydrogen-bond acceptors (Lipinski definition) is 3. The fraction of sp³-hybridized carbons (Fsp3) is 0.0833. The third-order valence-corrected chi connectivity index (χ3v) is 4.12. The maximum absolute atomic E-state index is 12.1. The number of pyridine rings is 1. The Morgan fingerprint density at radius 2 is 1.95 bits per heavy atom. The molecule has 100 valence electrons. The van der Waals surface area contributed by atoms with Crippen molar-refractivity contribution < 1.29 is 8.42 Å². The first-order valence-corrected chi connectivity index (χ1v) is 7.22. The van der Waals surface area contributed by atoms with Crippen LogP contribution in [0.5, 0.6) is 0 Å². The number of halogens is 1. The molecule has 0 saturated heterocycles. The van der Waals surface area contributed by atoms with Crippen molar-refractivity contribution in [2.24, 2.45) is 0 Å². The van der Waals surface area contributed by atoms with Gasteiger partial charge in [-0.2, -0.15) is 0 Å². The molecular formula is C12H11ClN2O3S. The molecule has 0 aliphatic carbocycles. The van der Waals surface area contributed by atoms with Crippen LogP contribution in [0.2, 0.25) is 5.02 Å². The molecule has 0 aliphatic heterocycles. The van der Waals surface area contributed by atoms with Gasteiger partial charge in [-0.25, -0.2) is 8.42 Å². The van der Waals surface area contributed by atoms with Crippen LogP contribution in [-0.4, -0.2) is 13.4 Å². The van der Waals surface area contributed by atoms with Crippen molar-refractivity contribution in [2.75, 3.05) is 4.72 Å². The van der Waals surface area contributed by atoms with E-state index in [-0.39, 0.29) is 10.5 Å². The highest BCUT2D eigenvalue weighted by Gasteiger charge is 2.15. The van der Waals surface area contributed by atoms with Gasteiger partial charge in [-0.3, -0.25) is 9.52 Å². The van der Waals surface area contributed by atoms with Crippen LogP contribution in [0.4, 0.5) is 5.69 Å². The standard InChI is InChI=1S/C12H11ClN2O3S/c1-8-2-4-10(13)11(6-8)15-19(17,18)9-3-5-12(16)14-7-9/h2-7,15H,1H3,(H,14,16). The second-order valence-corrected chi connectivity index (χ2v) is 6.07. The molecular weight excluding hydrogens is 288 g/mol. The van der Waals surface area contributed by atoms with Crippen LogP contribution in [-0.2, 0) is 10.0 Å². The maximum Gasteiger partial charge on any atom is 0.263 e. The average molecular weight is 299 g/mol. The zero-order valence-electron chi connectivity index (χ0n) is 9.98. The van der Waals surface area contributed by atoms with Crippen LogP contribution in [0.1, 0.15) is 5.56 Å². The summed E-state index contributed by atoms with van der Waals surface area (Å²) in [6.45, 7) is 1.83. The summed E-state index contributed by atoms with van der Waals surface area (Å²) in [5.74, 6) is 0. The Hall–Kier alpha value is -1.79. The summed E-state index contributed by atoms with van der Waals surface area (Å²) in [6.07, 6.45) is 1.13. The number of aryl methyl sites for hydroxylation is 1. The number of anilines is 1. The highest BCUT2D eigenvalue weighted by atomic mass is 35.5.